The minimum absolute atomic E-state index is 0.00232. The molecule has 2 aliphatic rings. The average Bonchev–Trinajstić information content (AvgIpc) is 4.03. The molecular weight excluding hydrogens is 840 g/mol. The lowest BCUT2D eigenvalue weighted by atomic mass is 9.84. The summed E-state index contributed by atoms with van der Waals surface area (Å²) in [6.45, 7) is 6.99. The van der Waals surface area contributed by atoms with Gasteiger partial charge < -0.3 is 42.7 Å². The molecule has 1 N–H and O–H groups in total. The molecule has 4 aromatic rings. The van der Waals surface area contributed by atoms with E-state index in [9.17, 15) is 29.8 Å². The van der Waals surface area contributed by atoms with Gasteiger partial charge in [-0.2, -0.15) is 5.21 Å². The molecule has 0 bridgehead atoms. The molecule has 2 saturated heterocycles. The summed E-state index contributed by atoms with van der Waals surface area (Å²) in [5.74, 6) is 0.211. The number of aromatic nitrogens is 6. The lowest BCUT2D eigenvalue weighted by molar-refractivity contribution is -0.790. The van der Waals surface area contributed by atoms with Gasteiger partial charge in [0.05, 0.1) is 13.2 Å². The number of H-pyrrole nitrogens is 1. The van der Waals surface area contributed by atoms with Crippen LogP contribution in [0, 0.1) is 25.6 Å². The SMILES string of the molecule is CCCCc1nc(Cl)c(C(=O)OC(C)OC(=O)O[C@H]2COC3C2OC[C@@H]3OCCC(C)(C)CC(CO[N+](=O)[O-])O[N+](=O)[O-])n1Cc1ccc(-c2ccccc2-c2nn[nH]n2)cc1. The molecule has 0 radical (unpaired) electrons. The number of nitrogens with one attached hydrogen (secondary N) is 1. The van der Waals surface area contributed by atoms with Crippen LogP contribution in [-0.2, 0) is 51.1 Å². The van der Waals surface area contributed by atoms with Crippen LogP contribution in [-0.4, -0.2) is 116 Å². The summed E-state index contributed by atoms with van der Waals surface area (Å²) in [6, 6.07) is 15.5. The quantitative estimate of drug-likeness (QED) is 0.0437. The molecule has 0 amide bonds. The fourth-order valence-electron chi connectivity index (χ4n) is 7.32. The highest BCUT2D eigenvalue weighted by Gasteiger charge is 2.50. The second-order valence-electron chi connectivity index (χ2n) is 15.4. The second kappa shape index (κ2) is 20.7. The van der Waals surface area contributed by atoms with Crippen LogP contribution in [0.25, 0.3) is 22.5 Å². The summed E-state index contributed by atoms with van der Waals surface area (Å²) >= 11 is 6.56. The summed E-state index contributed by atoms with van der Waals surface area (Å²) in [4.78, 5) is 61.4. The van der Waals surface area contributed by atoms with E-state index in [1.807, 2.05) is 69.3 Å². The number of unbranched alkanes of at least 4 members (excludes halogenated alkanes) is 1. The number of aromatic amines is 1. The lowest BCUT2D eigenvalue weighted by Gasteiger charge is -2.29. The van der Waals surface area contributed by atoms with Crippen LogP contribution >= 0.6 is 11.6 Å². The van der Waals surface area contributed by atoms with Crippen molar-refractivity contribution in [1.82, 2.24) is 30.2 Å². The fourth-order valence-corrected chi connectivity index (χ4v) is 7.60. The molecular formula is C39H47ClN8O14. The number of halogens is 1. The largest absolute Gasteiger partial charge is 0.511 e. The zero-order valence-electron chi connectivity index (χ0n) is 34.4. The van der Waals surface area contributed by atoms with Crippen LogP contribution in [0.15, 0.2) is 48.5 Å². The van der Waals surface area contributed by atoms with Crippen molar-refractivity contribution < 1.29 is 57.9 Å². The Labute approximate surface area is 359 Å². The van der Waals surface area contributed by atoms with Crippen LogP contribution in [0.5, 0.6) is 0 Å². The van der Waals surface area contributed by atoms with Crippen molar-refractivity contribution in [2.75, 3.05) is 26.4 Å². The minimum atomic E-state index is -1.38. The number of rotatable bonds is 22. The molecule has 2 aliphatic heterocycles. The van der Waals surface area contributed by atoms with Gasteiger partial charge in [0, 0.05) is 32.1 Å². The van der Waals surface area contributed by atoms with Gasteiger partial charge in [-0.3, -0.25) is 0 Å². The second-order valence-corrected chi connectivity index (χ2v) is 15.8. The van der Waals surface area contributed by atoms with Crippen molar-refractivity contribution in [2.24, 2.45) is 5.41 Å². The highest BCUT2D eigenvalue weighted by Crippen LogP contribution is 2.34. The maximum atomic E-state index is 13.6. The van der Waals surface area contributed by atoms with Gasteiger partial charge in [0.15, 0.2) is 17.0 Å². The third-order valence-corrected chi connectivity index (χ3v) is 10.6. The highest BCUT2D eigenvalue weighted by molar-refractivity contribution is 6.32. The molecule has 2 aromatic heterocycles. The van der Waals surface area contributed by atoms with E-state index < -0.39 is 71.1 Å². The van der Waals surface area contributed by atoms with Crippen molar-refractivity contribution in [3.05, 3.63) is 91.0 Å². The Morgan fingerprint density at radius 1 is 1.02 bits per heavy atom. The summed E-state index contributed by atoms with van der Waals surface area (Å²) in [5.41, 5.74) is 2.92. The number of esters is 1. The Morgan fingerprint density at radius 3 is 2.40 bits per heavy atom. The summed E-state index contributed by atoms with van der Waals surface area (Å²) in [6.07, 6.45) is -3.54. The van der Waals surface area contributed by atoms with E-state index in [1.165, 1.54) is 6.92 Å². The normalized spacial score (nSPS) is 19.3. The highest BCUT2D eigenvalue weighted by atomic mass is 35.5. The molecule has 0 aliphatic carbocycles. The van der Waals surface area contributed by atoms with E-state index in [2.05, 4.69) is 35.3 Å². The van der Waals surface area contributed by atoms with Gasteiger partial charge in [-0.1, -0.05) is 87.3 Å². The lowest BCUT2D eigenvalue weighted by Crippen LogP contribution is -2.36. The molecule has 4 heterocycles. The Bertz CT molecular complexity index is 2150. The average molecular weight is 887 g/mol. The van der Waals surface area contributed by atoms with Gasteiger partial charge in [0.25, 0.3) is 10.2 Å². The van der Waals surface area contributed by atoms with Crippen LogP contribution in [0.1, 0.15) is 75.3 Å². The van der Waals surface area contributed by atoms with Gasteiger partial charge >= 0.3 is 12.1 Å². The topological polar surface area (TPSA) is 267 Å². The number of carbonyl (C=O) groups is 2. The first kappa shape index (κ1) is 45.6. The zero-order chi connectivity index (χ0) is 44.4. The van der Waals surface area contributed by atoms with E-state index in [4.69, 9.17) is 40.0 Å². The van der Waals surface area contributed by atoms with E-state index >= 15 is 0 Å². The van der Waals surface area contributed by atoms with Crippen LogP contribution in [0.2, 0.25) is 5.15 Å². The van der Waals surface area contributed by atoms with Crippen molar-refractivity contribution in [3.8, 4) is 22.5 Å². The smallest absolute Gasteiger partial charge is 0.426 e. The van der Waals surface area contributed by atoms with Crippen LogP contribution in [0.4, 0.5) is 4.79 Å². The molecule has 22 nitrogen and oxygen atoms in total. The molecule has 0 spiro atoms. The van der Waals surface area contributed by atoms with Gasteiger partial charge in [-0.15, -0.1) is 30.4 Å². The standard InChI is InChI=1S/C39H47ClN8O14/c1-5-6-11-31-41-35(40)32(46(31)19-24-12-14-25(15-13-24)27-9-7-8-10-28(27)36-42-44-45-43-36)37(49)59-23(2)60-38(50)61-30-22-57-33-29(21-56-34(30)33)55-17-16-39(3,4)18-26(62-48(53)54)20-58-47(51)52/h7-10,12-15,23,26,29-30,33-34H,5-6,11,16-22H2,1-4H3,(H,42,43,44,45)/t23?,26?,29-,30-,33?,34?/m0/s1. The number of carbonyl (C=O) groups excluding carboxylic acids is 2. The summed E-state index contributed by atoms with van der Waals surface area (Å²) < 4.78 is 35.8. The molecule has 62 heavy (non-hydrogen) atoms. The van der Waals surface area contributed by atoms with Gasteiger partial charge in [0.2, 0.25) is 12.1 Å². The molecule has 6 atom stereocenters. The van der Waals surface area contributed by atoms with Crippen molar-refractivity contribution in [3.63, 3.8) is 0 Å². The van der Waals surface area contributed by atoms with Gasteiger partial charge in [0.1, 0.15) is 36.8 Å². The number of hydrogen-bond acceptors (Lipinski definition) is 18. The first-order valence-electron chi connectivity index (χ1n) is 19.9. The molecule has 2 aromatic carbocycles. The van der Waals surface area contributed by atoms with Gasteiger partial charge in [-0.25, -0.2) is 14.6 Å². The molecule has 334 valence electrons. The fraction of sp³-hybridized carbons (Fsp3) is 0.538. The van der Waals surface area contributed by atoms with E-state index in [0.717, 1.165) is 35.1 Å². The van der Waals surface area contributed by atoms with E-state index in [0.29, 0.717) is 24.5 Å². The van der Waals surface area contributed by atoms with Crippen LogP contribution < -0.4 is 0 Å². The molecule has 4 unspecified atom stereocenters. The third kappa shape index (κ3) is 11.9. The van der Waals surface area contributed by atoms with Crippen molar-refractivity contribution in [1.29, 1.82) is 0 Å². The molecule has 0 saturated carbocycles. The zero-order valence-corrected chi connectivity index (χ0v) is 35.1. The van der Waals surface area contributed by atoms with E-state index in [1.54, 1.807) is 4.57 Å². The van der Waals surface area contributed by atoms with Crippen molar-refractivity contribution in [2.45, 2.75) is 103 Å². The van der Waals surface area contributed by atoms with E-state index in [-0.39, 0.29) is 43.6 Å². The maximum Gasteiger partial charge on any atom is 0.511 e. The first-order chi connectivity index (χ1) is 29.7. The predicted octanol–water partition coefficient (Wildman–Crippen LogP) is 5.57. The minimum Gasteiger partial charge on any atom is -0.426 e. The number of aryl methyl sites for hydroxylation is 1. The summed E-state index contributed by atoms with van der Waals surface area (Å²) in [5, 5.41) is 33.8. The summed E-state index contributed by atoms with van der Waals surface area (Å²) in [7, 11) is 0. The number of nitrogens with zero attached hydrogens (tertiary/aromatic N) is 7. The Kier molecular flexibility index (Phi) is 15.2. The molecule has 2 fully saturated rings. The number of imidazole rings is 1. The maximum absolute atomic E-state index is 13.6. The Hall–Kier alpha value is -5.97. The number of tetrazole rings is 1. The molecule has 23 heteroatoms. The Morgan fingerprint density at radius 2 is 1.73 bits per heavy atom. The number of benzene rings is 2. The number of ether oxygens (including phenoxy) is 6. The molecule has 6 rings (SSSR count). The van der Waals surface area contributed by atoms with Crippen LogP contribution in [0.3, 0.4) is 0 Å². The third-order valence-electron chi connectivity index (χ3n) is 10.3. The number of fused-ring (bicyclic) bond motifs is 1. The predicted molar refractivity (Wildman–Crippen MR) is 213 cm³/mol. The number of hydrogen-bond donors (Lipinski definition) is 1. The Balaban J connectivity index is 1.01. The van der Waals surface area contributed by atoms with Gasteiger partial charge in [-0.05, 0) is 46.6 Å². The monoisotopic (exact) mass is 886 g/mol. The first-order valence-corrected chi connectivity index (χ1v) is 20.3. The van der Waals surface area contributed by atoms with Crippen molar-refractivity contribution >= 4 is 23.7 Å².